The lowest BCUT2D eigenvalue weighted by Gasteiger charge is -2.19. The minimum Gasteiger partial charge on any atom is -0.497 e. The fourth-order valence-corrected chi connectivity index (χ4v) is 2.31. The van der Waals surface area contributed by atoms with Crippen molar-refractivity contribution in [3.8, 4) is 5.75 Å². The van der Waals surface area contributed by atoms with E-state index >= 15 is 0 Å². The Hall–Kier alpha value is -1.52. The third-order valence-electron chi connectivity index (χ3n) is 2.92. The lowest BCUT2D eigenvalue weighted by Crippen LogP contribution is -2.20. The molecule has 100 valence electrons. The molecule has 0 radical (unpaired) electrons. The molecule has 0 aliphatic rings. The van der Waals surface area contributed by atoms with Gasteiger partial charge in [0.1, 0.15) is 5.75 Å². The van der Waals surface area contributed by atoms with E-state index in [1.807, 2.05) is 36.4 Å². The van der Waals surface area contributed by atoms with Crippen LogP contribution in [-0.4, -0.2) is 13.7 Å². The summed E-state index contributed by atoms with van der Waals surface area (Å²) < 4.78 is 6.20. The van der Waals surface area contributed by atoms with Crippen molar-refractivity contribution in [2.75, 3.05) is 19.0 Å². The predicted molar refractivity (Wildman–Crippen MR) is 82.6 cm³/mol. The standard InChI is InChI=1S/C15H17BrN2O/c1-19-14-7-5-13(6-8-14)18-15(10-17)11-3-2-4-12(16)9-11/h2-9,15,18H,10,17H2,1H3. The van der Waals surface area contributed by atoms with Crippen molar-refractivity contribution in [2.24, 2.45) is 5.73 Å². The first-order valence-corrected chi connectivity index (χ1v) is 6.88. The van der Waals surface area contributed by atoms with Gasteiger partial charge < -0.3 is 15.8 Å². The Morgan fingerprint density at radius 3 is 2.53 bits per heavy atom. The third-order valence-corrected chi connectivity index (χ3v) is 3.41. The molecule has 2 aromatic rings. The maximum atomic E-state index is 5.86. The van der Waals surface area contributed by atoms with E-state index in [1.54, 1.807) is 7.11 Å². The van der Waals surface area contributed by atoms with Crippen LogP contribution in [0.5, 0.6) is 5.75 Å². The minimum atomic E-state index is 0.0888. The van der Waals surface area contributed by atoms with E-state index < -0.39 is 0 Å². The molecule has 0 fully saturated rings. The largest absolute Gasteiger partial charge is 0.497 e. The van der Waals surface area contributed by atoms with E-state index in [0.717, 1.165) is 21.5 Å². The second kappa shape index (κ2) is 6.59. The molecule has 3 N–H and O–H groups in total. The molecule has 0 spiro atoms. The lowest BCUT2D eigenvalue weighted by atomic mass is 10.1. The normalized spacial score (nSPS) is 11.9. The van der Waals surface area contributed by atoms with Gasteiger partial charge in [0, 0.05) is 16.7 Å². The van der Waals surface area contributed by atoms with Gasteiger partial charge in [0.15, 0.2) is 0 Å². The zero-order valence-corrected chi connectivity index (χ0v) is 12.4. The van der Waals surface area contributed by atoms with Crippen molar-refractivity contribution >= 4 is 21.6 Å². The van der Waals surface area contributed by atoms with Crippen LogP contribution in [0.2, 0.25) is 0 Å². The molecule has 0 heterocycles. The summed E-state index contributed by atoms with van der Waals surface area (Å²) in [5.41, 5.74) is 8.04. The van der Waals surface area contributed by atoms with Gasteiger partial charge in [0.25, 0.3) is 0 Å². The van der Waals surface area contributed by atoms with E-state index in [0.29, 0.717) is 6.54 Å². The fourth-order valence-electron chi connectivity index (χ4n) is 1.89. The zero-order chi connectivity index (χ0) is 13.7. The summed E-state index contributed by atoms with van der Waals surface area (Å²) in [7, 11) is 1.66. The Bertz CT molecular complexity index is 528. The topological polar surface area (TPSA) is 47.3 Å². The second-order valence-corrected chi connectivity index (χ2v) is 5.13. The summed E-state index contributed by atoms with van der Waals surface area (Å²) in [5.74, 6) is 0.845. The molecule has 0 saturated carbocycles. The average molecular weight is 321 g/mol. The molecule has 0 bridgehead atoms. The van der Waals surface area contributed by atoms with Crippen LogP contribution in [0.15, 0.2) is 53.0 Å². The van der Waals surface area contributed by atoms with Gasteiger partial charge in [-0.05, 0) is 42.0 Å². The van der Waals surface area contributed by atoms with E-state index in [9.17, 15) is 0 Å². The Morgan fingerprint density at radius 1 is 1.21 bits per heavy atom. The van der Waals surface area contributed by atoms with Crippen LogP contribution in [-0.2, 0) is 0 Å². The summed E-state index contributed by atoms with van der Waals surface area (Å²) >= 11 is 3.48. The van der Waals surface area contributed by atoms with Crippen molar-refractivity contribution in [1.29, 1.82) is 0 Å². The van der Waals surface area contributed by atoms with Gasteiger partial charge >= 0.3 is 0 Å². The van der Waals surface area contributed by atoms with Crippen molar-refractivity contribution < 1.29 is 4.74 Å². The Kier molecular flexibility index (Phi) is 4.82. The van der Waals surface area contributed by atoms with Crippen molar-refractivity contribution in [3.05, 3.63) is 58.6 Å². The van der Waals surface area contributed by atoms with E-state index in [-0.39, 0.29) is 6.04 Å². The average Bonchev–Trinajstić information content (AvgIpc) is 2.45. The molecule has 1 unspecified atom stereocenters. The highest BCUT2D eigenvalue weighted by Gasteiger charge is 2.09. The molecule has 1 atom stereocenters. The molecule has 2 aromatic carbocycles. The first-order valence-electron chi connectivity index (χ1n) is 6.09. The molecule has 3 nitrogen and oxygen atoms in total. The zero-order valence-electron chi connectivity index (χ0n) is 10.8. The number of rotatable bonds is 5. The van der Waals surface area contributed by atoms with Gasteiger partial charge in [-0.3, -0.25) is 0 Å². The highest BCUT2D eigenvalue weighted by molar-refractivity contribution is 9.10. The number of benzene rings is 2. The maximum Gasteiger partial charge on any atom is 0.119 e. The number of hydrogen-bond acceptors (Lipinski definition) is 3. The summed E-state index contributed by atoms with van der Waals surface area (Å²) in [4.78, 5) is 0. The molecule has 0 aromatic heterocycles. The molecule has 0 amide bonds. The van der Waals surface area contributed by atoms with Crippen LogP contribution >= 0.6 is 15.9 Å². The predicted octanol–water partition coefficient (Wildman–Crippen LogP) is 3.57. The Morgan fingerprint density at radius 2 is 1.95 bits per heavy atom. The van der Waals surface area contributed by atoms with E-state index in [2.05, 4.69) is 33.4 Å². The monoisotopic (exact) mass is 320 g/mol. The molecule has 0 saturated heterocycles. The van der Waals surface area contributed by atoms with Gasteiger partial charge in [-0.25, -0.2) is 0 Å². The number of nitrogens with one attached hydrogen (secondary N) is 1. The quantitative estimate of drug-likeness (QED) is 0.885. The minimum absolute atomic E-state index is 0.0888. The summed E-state index contributed by atoms with van der Waals surface area (Å²) in [6, 6.07) is 16.1. The summed E-state index contributed by atoms with van der Waals surface area (Å²) in [6.07, 6.45) is 0. The van der Waals surface area contributed by atoms with Crippen LogP contribution in [0.3, 0.4) is 0 Å². The van der Waals surface area contributed by atoms with Crippen molar-refractivity contribution in [1.82, 2.24) is 0 Å². The fraction of sp³-hybridized carbons (Fsp3) is 0.200. The SMILES string of the molecule is COc1ccc(NC(CN)c2cccc(Br)c2)cc1. The Balaban J connectivity index is 2.14. The molecular weight excluding hydrogens is 304 g/mol. The maximum absolute atomic E-state index is 5.86. The van der Waals surface area contributed by atoms with Gasteiger partial charge in [-0.1, -0.05) is 28.1 Å². The molecule has 19 heavy (non-hydrogen) atoms. The second-order valence-electron chi connectivity index (χ2n) is 4.22. The molecule has 0 aliphatic heterocycles. The highest BCUT2D eigenvalue weighted by atomic mass is 79.9. The number of methoxy groups -OCH3 is 1. The lowest BCUT2D eigenvalue weighted by molar-refractivity contribution is 0.415. The molecule has 2 rings (SSSR count). The molecule has 0 aliphatic carbocycles. The van der Waals surface area contributed by atoms with Gasteiger partial charge in [0.2, 0.25) is 0 Å². The van der Waals surface area contributed by atoms with Gasteiger partial charge in [-0.15, -0.1) is 0 Å². The van der Waals surface area contributed by atoms with Gasteiger partial charge in [-0.2, -0.15) is 0 Å². The van der Waals surface area contributed by atoms with Crippen molar-refractivity contribution in [3.63, 3.8) is 0 Å². The summed E-state index contributed by atoms with van der Waals surface area (Å²) in [6.45, 7) is 0.530. The highest BCUT2D eigenvalue weighted by Crippen LogP contribution is 2.23. The van der Waals surface area contributed by atoms with Crippen LogP contribution in [0.1, 0.15) is 11.6 Å². The molecular formula is C15H17BrN2O. The van der Waals surface area contributed by atoms with E-state index in [1.165, 1.54) is 0 Å². The first-order chi connectivity index (χ1) is 9.22. The van der Waals surface area contributed by atoms with Crippen molar-refractivity contribution in [2.45, 2.75) is 6.04 Å². The first kappa shape index (κ1) is 13.9. The number of anilines is 1. The number of nitrogens with two attached hydrogens (primary N) is 1. The van der Waals surface area contributed by atoms with Crippen LogP contribution in [0.25, 0.3) is 0 Å². The smallest absolute Gasteiger partial charge is 0.119 e. The third kappa shape index (κ3) is 3.72. The molecule has 4 heteroatoms. The summed E-state index contributed by atoms with van der Waals surface area (Å²) in [5, 5.41) is 3.42. The van der Waals surface area contributed by atoms with Crippen LogP contribution in [0.4, 0.5) is 5.69 Å². The number of hydrogen-bond donors (Lipinski definition) is 2. The van der Waals surface area contributed by atoms with Crippen LogP contribution < -0.4 is 15.8 Å². The number of ether oxygens (including phenoxy) is 1. The van der Waals surface area contributed by atoms with E-state index in [4.69, 9.17) is 10.5 Å². The van der Waals surface area contributed by atoms with Crippen LogP contribution in [0, 0.1) is 0 Å². The Labute approximate surface area is 121 Å². The van der Waals surface area contributed by atoms with Gasteiger partial charge in [0.05, 0.1) is 13.2 Å². The number of halogens is 1.